The number of rotatable bonds is 3. The van der Waals surface area contributed by atoms with Crippen LogP contribution in [0.2, 0.25) is 10.3 Å². The fraction of sp³-hybridized carbons (Fsp3) is 0.0833. The average Bonchev–Trinajstić information content (AvgIpc) is 3.02. The number of imidazole rings is 1. The van der Waals surface area contributed by atoms with Crippen molar-refractivity contribution in [2.24, 2.45) is 0 Å². The number of halogens is 2. The molecule has 0 amide bonds. The number of aromatic nitrogens is 4. The van der Waals surface area contributed by atoms with Crippen LogP contribution in [0.25, 0.3) is 11.4 Å². The summed E-state index contributed by atoms with van der Waals surface area (Å²) in [4.78, 5) is 8.18. The van der Waals surface area contributed by atoms with E-state index < -0.39 is 0 Å². The van der Waals surface area contributed by atoms with Crippen molar-refractivity contribution < 1.29 is 4.52 Å². The lowest BCUT2D eigenvalue weighted by Gasteiger charge is -1.97. The molecule has 0 saturated heterocycles. The Labute approximate surface area is 118 Å². The monoisotopic (exact) mass is 294 g/mol. The number of hydrogen-bond donors (Lipinski definition) is 0. The Morgan fingerprint density at radius 2 is 1.95 bits per heavy atom. The molecule has 1 aromatic carbocycles. The predicted octanol–water partition coefficient (Wildman–Crippen LogP) is 3.29. The van der Waals surface area contributed by atoms with Crippen LogP contribution in [0.1, 0.15) is 5.89 Å². The second kappa shape index (κ2) is 5.03. The van der Waals surface area contributed by atoms with Gasteiger partial charge in [0.1, 0.15) is 11.7 Å². The molecule has 3 aromatic rings. The van der Waals surface area contributed by atoms with E-state index in [9.17, 15) is 0 Å². The first-order chi connectivity index (χ1) is 9.24. The van der Waals surface area contributed by atoms with Gasteiger partial charge in [-0.15, -0.1) is 0 Å². The molecule has 0 radical (unpaired) electrons. The third-order valence-corrected chi connectivity index (χ3v) is 3.31. The molecular weight excluding hydrogens is 287 g/mol. The first-order valence-electron chi connectivity index (χ1n) is 5.48. The Balaban J connectivity index is 1.84. The Morgan fingerprint density at radius 3 is 2.63 bits per heavy atom. The van der Waals surface area contributed by atoms with E-state index in [4.69, 9.17) is 27.7 Å². The molecule has 2 aromatic heterocycles. The molecule has 0 aliphatic carbocycles. The lowest BCUT2D eigenvalue weighted by atomic mass is 10.2. The van der Waals surface area contributed by atoms with Gasteiger partial charge in [0.05, 0.1) is 6.33 Å². The quantitative estimate of drug-likeness (QED) is 0.744. The number of nitrogens with zero attached hydrogens (tertiary/aromatic N) is 4. The van der Waals surface area contributed by atoms with Gasteiger partial charge >= 0.3 is 0 Å². The summed E-state index contributed by atoms with van der Waals surface area (Å²) in [6.45, 7) is 0.332. The zero-order valence-corrected chi connectivity index (χ0v) is 11.1. The predicted molar refractivity (Wildman–Crippen MR) is 71.1 cm³/mol. The summed E-state index contributed by atoms with van der Waals surface area (Å²) in [5.41, 5.74) is 0.896. The molecule has 0 aliphatic heterocycles. The van der Waals surface area contributed by atoms with Crippen LogP contribution in [0.3, 0.4) is 0 Å². The van der Waals surface area contributed by atoms with Crippen molar-refractivity contribution >= 4 is 23.2 Å². The third kappa shape index (κ3) is 2.47. The standard InChI is InChI=1S/C12H8Cl2N4O/c13-10-11(14)18(7-15-10)6-9-16-12(17-19-9)8-4-2-1-3-5-8/h1-5,7H,6H2. The number of benzene rings is 1. The van der Waals surface area contributed by atoms with Crippen LogP contribution < -0.4 is 0 Å². The summed E-state index contributed by atoms with van der Waals surface area (Å²) in [6.07, 6.45) is 1.52. The minimum atomic E-state index is 0.254. The topological polar surface area (TPSA) is 56.7 Å². The van der Waals surface area contributed by atoms with E-state index in [1.54, 1.807) is 4.57 Å². The van der Waals surface area contributed by atoms with E-state index in [0.717, 1.165) is 5.56 Å². The first kappa shape index (κ1) is 12.2. The smallest absolute Gasteiger partial charge is 0.246 e. The van der Waals surface area contributed by atoms with Crippen LogP contribution in [0, 0.1) is 0 Å². The van der Waals surface area contributed by atoms with E-state index in [-0.39, 0.29) is 5.15 Å². The Bertz CT molecular complexity index is 693. The molecule has 96 valence electrons. The molecule has 0 unspecified atom stereocenters. The molecule has 0 fully saturated rings. The first-order valence-corrected chi connectivity index (χ1v) is 6.24. The van der Waals surface area contributed by atoms with Gasteiger partial charge < -0.3 is 9.09 Å². The van der Waals surface area contributed by atoms with Gasteiger partial charge in [0.25, 0.3) is 0 Å². The maximum absolute atomic E-state index is 5.96. The van der Waals surface area contributed by atoms with Gasteiger partial charge in [-0.3, -0.25) is 0 Å². The highest BCUT2D eigenvalue weighted by atomic mass is 35.5. The van der Waals surface area contributed by atoms with Crippen LogP contribution >= 0.6 is 23.2 Å². The van der Waals surface area contributed by atoms with Crippen molar-refractivity contribution in [1.29, 1.82) is 0 Å². The van der Waals surface area contributed by atoms with Crippen LogP contribution in [0.15, 0.2) is 41.2 Å². The summed E-state index contributed by atoms with van der Waals surface area (Å²) < 4.78 is 6.81. The highest BCUT2D eigenvalue weighted by Gasteiger charge is 2.12. The van der Waals surface area contributed by atoms with E-state index in [2.05, 4.69) is 15.1 Å². The summed E-state index contributed by atoms with van der Waals surface area (Å²) in [5, 5.41) is 4.53. The molecular formula is C12H8Cl2N4O. The van der Waals surface area contributed by atoms with E-state index in [1.165, 1.54) is 6.33 Å². The van der Waals surface area contributed by atoms with Crippen molar-refractivity contribution in [1.82, 2.24) is 19.7 Å². The molecule has 0 atom stereocenters. The highest BCUT2D eigenvalue weighted by molar-refractivity contribution is 6.40. The molecule has 2 heterocycles. The van der Waals surface area contributed by atoms with Gasteiger partial charge in [0, 0.05) is 5.56 Å². The van der Waals surface area contributed by atoms with E-state index in [1.807, 2.05) is 30.3 Å². The van der Waals surface area contributed by atoms with Gasteiger partial charge in [0.15, 0.2) is 5.15 Å². The van der Waals surface area contributed by atoms with Crippen LogP contribution in [-0.4, -0.2) is 19.7 Å². The summed E-state index contributed by atoms with van der Waals surface area (Å²) in [7, 11) is 0. The molecule has 0 saturated carbocycles. The minimum absolute atomic E-state index is 0.254. The lowest BCUT2D eigenvalue weighted by Crippen LogP contribution is -1.98. The van der Waals surface area contributed by atoms with Crippen molar-refractivity contribution in [2.75, 3.05) is 0 Å². The Kier molecular flexibility index (Phi) is 3.23. The Hall–Kier alpha value is -1.85. The fourth-order valence-electron chi connectivity index (χ4n) is 1.62. The zero-order chi connectivity index (χ0) is 13.2. The van der Waals surface area contributed by atoms with E-state index >= 15 is 0 Å². The summed E-state index contributed by atoms with van der Waals surface area (Å²) >= 11 is 11.7. The maximum atomic E-state index is 5.96. The SMILES string of the molecule is Clc1ncn(Cc2nc(-c3ccccc3)no2)c1Cl. The lowest BCUT2D eigenvalue weighted by molar-refractivity contribution is 0.371. The van der Waals surface area contributed by atoms with Crippen LogP contribution in [0.5, 0.6) is 0 Å². The van der Waals surface area contributed by atoms with Gasteiger partial charge in [0.2, 0.25) is 11.7 Å². The van der Waals surface area contributed by atoms with Gasteiger partial charge in [-0.05, 0) is 0 Å². The summed E-state index contributed by atoms with van der Waals surface area (Å²) in [6, 6.07) is 9.58. The van der Waals surface area contributed by atoms with Crippen molar-refractivity contribution in [3.63, 3.8) is 0 Å². The highest BCUT2D eigenvalue weighted by Crippen LogP contribution is 2.21. The molecule has 5 nitrogen and oxygen atoms in total. The molecule has 19 heavy (non-hydrogen) atoms. The van der Waals surface area contributed by atoms with Crippen molar-refractivity contribution in [3.8, 4) is 11.4 Å². The normalized spacial score (nSPS) is 10.8. The molecule has 0 spiro atoms. The molecule has 7 heteroatoms. The van der Waals surface area contributed by atoms with Crippen LogP contribution in [0.4, 0.5) is 0 Å². The summed E-state index contributed by atoms with van der Waals surface area (Å²) in [5.74, 6) is 0.979. The van der Waals surface area contributed by atoms with Gasteiger partial charge in [-0.2, -0.15) is 4.98 Å². The van der Waals surface area contributed by atoms with Crippen molar-refractivity contribution in [2.45, 2.75) is 6.54 Å². The van der Waals surface area contributed by atoms with Crippen LogP contribution in [-0.2, 0) is 6.54 Å². The molecule has 3 rings (SSSR count). The van der Waals surface area contributed by atoms with Gasteiger partial charge in [-0.1, -0.05) is 58.7 Å². The van der Waals surface area contributed by atoms with Gasteiger partial charge in [-0.25, -0.2) is 4.98 Å². The molecule has 0 aliphatic rings. The second-order valence-corrected chi connectivity index (χ2v) is 4.55. The average molecular weight is 295 g/mol. The molecule has 0 N–H and O–H groups in total. The maximum Gasteiger partial charge on any atom is 0.246 e. The van der Waals surface area contributed by atoms with E-state index in [0.29, 0.717) is 23.4 Å². The second-order valence-electron chi connectivity index (χ2n) is 3.83. The Morgan fingerprint density at radius 1 is 1.16 bits per heavy atom. The minimum Gasteiger partial charge on any atom is -0.337 e. The third-order valence-electron chi connectivity index (χ3n) is 2.54. The number of hydrogen-bond acceptors (Lipinski definition) is 4. The largest absolute Gasteiger partial charge is 0.337 e. The fourth-order valence-corrected chi connectivity index (χ4v) is 1.93. The van der Waals surface area contributed by atoms with Crippen molar-refractivity contribution in [3.05, 3.63) is 52.9 Å². The zero-order valence-electron chi connectivity index (χ0n) is 9.62. The molecule has 0 bridgehead atoms.